The fourth-order valence-electron chi connectivity index (χ4n) is 2.50. The molecule has 6 nitrogen and oxygen atoms in total. The number of aliphatic imine (C=N–C) groups is 1. The van der Waals surface area contributed by atoms with Crippen molar-refractivity contribution in [2.24, 2.45) is 10.7 Å². The van der Waals surface area contributed by atoms with Crippen molar-refractivity contribution in [3.05, 3.63) is 65.2 Å². The highest BCUT2D eigenvalue weighted by Crippen LogP contribution is 2.22. The molecule has 0 atom stereocenters. The summed E-state index contributed by atoms with van der Waals surface area (Å²) in [5.41, 5.74) is 7.55. The zero-order valence-electron chi connectivity index (χ0n) is 16.8. The molecule has 0 radical (unpaired) electrons. The van der Waals surface area contributed by atoms with Gasteiger partial charge in [-0.25, -0.2) is 0 Å². The fourth-order valence-corrected chi connectivity index (χ4v) is 2.50. The number of nitrogens with one attached hydrogen (secondary N) is 2. The number of carbonyl (C=O) groups excluding carboxylic acids is 1. The summed E-state index contributed by atoms with van der Waals surface area (Å²) >= 11 is 0. The van der Waals surface area contributed by atoms with Gasteiger partial charge >= 0.3 is 0 Å². The molecule has 0 unspecified atom stereocenters. The lowest BCUT2D eigenvalue weighted by Gasteiger charge is -2.23. The van der Waals surface area contributed by atoms with Gasteiger partial charge in [-0.2, -0.15) is 0 Å². The van der Waals surface area contributed by atoms with Crippen LogP contribution in [0.5, 0.6) is 5.75 Å². The van der Waals surface area contributed by atoms with Gasteiger partial charge in [0.25, 0.3) is 0 Å². The summed E-state index contributed by atoms with van der Waals surface area (Å²) in [7, 11) is 1.72. The highest BCUT2D eigenvalue weighted by molar-refractivity contribution is 14.0. The van der Waals surface area contributed by atoms with Crippen LogP contribution in [-0.2, 0) is 13.1 Å². The van der Waals surface area contributed by atoms with Gasteiger partial charge in [-0.1, -0.05) is 30.3 Å². The molecule has 0 aliphatic heterocycles. The van der Waals surface area contributed by atoms with E-state index in [1.54, 1.807) is 19.2 Å². The molecule has 0 aliphatic rings. The number of hydrogen-bond donors (Lipinski definition) is 3. The van der Waals surface area contributed by atoms with Crippen LogP contribution in [0.15, 0.2) is 53.5 Å². The van der Waals surface area contributed by atoms with E-state index in [9.17, 15) is 4.79 Å². The highest BCUT2D eigenvalue weighted by atomic mass is 127. The van der Waals surface area contributed by atoms with Crippen molar-refractivity contribution in [2.45, 2.75) is 39.5 Å². The van der Waals surface area contributed by atoms with Crippen molar-refractivity contribution >= 4 is 35.8 Å². The number of nitrogens with zero attached hydrogens (tertiary/aromatic N) is 1. The first kappa shape index (κ1) is 23.7. The van der Waals surface area contributed by atoms with Crippen LogP contribution in [0.25, 0.3) is 0 Å². The van der Waals surface area contributed by atoms with Gasteiger partial charge in [0.1, 0.15) is 11.4 Å². The minimum Gasteiger partial charge on any atom is -0.488 e. The molecule has 0 heterocycles. The van der Waals surface area contributed by atoms with Crippen molar-refractivity contribution in [3.63, 3.8) is 0 Å². The largest absolute Gasteiger partial charge is 0.488 e. The molecule has 0 aliphatic carbocycles. The molecule has 152 valence electrons. The Kier molecular flexibility index (Phi) is 9.24. The standard InChI is InChI=1S/C21H28N4O2.HI/c1-21(2,3)27-18-11-6-5-9-17(18)14-25-20(23-4)24-13-15-8-7-10-16(12-15)19(22)26;/h5-12H,13-14H2,1-4H3,(H2,22,26)(H2,23,24,25);1H. The lowest BCUT2D eigenvalue weighted by Crippen LogP contribution is -2.36. The second-order valence-corrected chi connectivity index (χ2v) is 7.17. The van der Waals surface area contributed by atoms with E-state index in [4.69, 9.17) is 10.5 Å². The average Bonchev–Trinajstić information content (AvgIpc) is 2.62. The first-order valence-electron chi connectivity index (χ1n) is 8.88. The molecule has 0 aromatic heterocycles. The topological polar surface area (TPSA) is 88.7 Å². The van der Waals surface area contributed by atoms with Gasteiger partial charge in [-0.05, 0) is 44.5 Å². The molecule has 2 rings (SSSR count). The van der Waals surface area contributed by atoms with Gasteiger partial charge in [0.05, 0.1) is 0 Å². The quantitative estimate of drug-likeness (QED) is 0.325. The van der Waals surface area contributed by atoms with E-state index in [2.05, 4.69) is 15.6 Å². The number of carbonyl (C=O) groups is 1. The van der Waals surface area contributed by atoms with E-state index in [1.165, 1.54) is 0 Å². The Morgan fingerprint density at radius 3 is 2.39 bits per heavy atom. The molecule has 0 saturated carbocycles. The van der Waals surface area contributed by atoms with Crippen LogP contribution in [0.2, 0.25) is 0 Å². The highest BCUT2D eigenvalue weighted by Gasteiger charge is 2.14. The molecule has 1 amide bonds. The Balaban J connectivity index is 0.00000392. The van der Waals surface area contributed by atoms with Crippen molar-refractivity contribution < 1.29 is 9.53 Å². The number of benzene rings is 2. The Labute approximate surface area is 184 Å². The number of ether oxygens (including phenoxy) is 1. The number of amides is 1. The van der Waals surface area contributed by atoms with E-state index in [1.807, 2.05) is 57.2 Å². The first-order valence-corrected chi connectivity index (χ1v) is 8.88. The molecule has 7 heteroatoms. The van der Waals surface area contributed by atoms with Crippen LogP contribution in [-0.4, -0.2) is 24.5 Å². The lowest BCUT2D eigenvalue weighted by molar-refractivity contribution is 0.1000. The van der Waals surface area contributed by atoms with Crippen LogP contribution in [0.4, 0.5) is 0 Å². The lowest BCUT2D eigenvalue weighted by atomic mass is 10.1. The maximum Gasteiger partial charge on any atom is 0.248 e. The van der Waals surface area contributed by atoms with E-state index >= 15 is 0 Å². The fraction of sp³-hybridized carbons (Fsp3) is 0.333. The van der Waals surface area contributed by atoms with Crippen LogP contribution in [0.1, 0.15) is 42.3 Å². The van der Waals surface area contributed by atoms with Gasteiger partial charge in [-0.15, -0.1) is 24.0 Å². The van der Waals surface area contributed by atoms with Crippen molar-refractivity contribution in [2.75, 3.05) is 7.05 Å². The van der Waals surface area contributed by atoms with Crippen molar-refractivity contribution in [3.8, 4) is 5.75 Å². The average molecular weight is 496 g/mol. The maximum atomic E-state index is 11.3. The predicted molar refractivity (Wildman–Crippen MR) is 124 cm³/mol. The summed E-state index contributed by atoms with van der Waals surface area (Å²) in [6.45, 7) is 7.18. The van der Waals surface area contributed by atoms with Gasteiger partial charge in [-0.3, -0.25) is 9.79 Å². The number of nitrogens with two attached hydrogens (primary N) is 1. The van der Waals surface area contributed by atoms with E-state index in [0.717, 1.165) is 16.9 Å². The Morgan fingerprint density at radius 1 is 1.07 bits per heavy atom. The summed E-state index contributed by atoms with van der Waals surface area (Å²) in [4.78, 5) is 15.5. The summed E-state index contributed by atoms with van der Waals surface area (Å²) in [6, 6.07) is 15.2. The third-order valence-corrected chi connectivity index (χ3v) is 3.73. The Bertz CT molecular complexity index is 816. The van der Waals surface area contributed by atoms with E-state index in [0.29, 0.717) is 24.6 Å². The Morgan fingerprint density at radius 2 is 1.75 bits per heavy atom. The van der Waals surface area contributed by atoms with Crippen molar-refractivity contribution in [1.29, 1.82) is 0 Å². The first-order chi connectivity index (χ1) is 12.8. The molecular formula is C21H29IN4O2. The minimum absolute atomic E-state index is 0. The normalized spacial score (nSPS) is 11.4. The molecule has 0 spiro atoms. The van der Waals surface area contributed by atoms with E-state index < -0.39 is 5.91 Å². The van der Waals surface area contributed by atoms with Gasteiger partial charge in [0, 0.05) is 31.3 Å². The van der Waals surface area contributed by atoms with Gasteiger partial charge < -0.3 is 21.1 Å². The molecule has 0 saturated heterocycles. The summed E-state index contributed by atoms with van der Waals surface area (Å²) in [6.07, 6.45) is 0. The molecule has 28 heavy (non-hydrogen) atoms. The molecule has 0 fully saturated rings. The SMILES string of the molecule is CN=C(NCc1cccc(C(N)=O)c1)NCc1ccccc1OC(C)(C)C.I. The number of halogens is 1. The summed E-state index contributed by atoms with van der Waals surface area (Å²) in [5.74, 6) is 1.07. The number of guanidine groups is 1. The molecule has 2 aromatic carbocycles. The Hall–Kier alpha value is -2.29. The zero-order valence-corrected chi connectivity index (χ0v) is 19.1. The molecule has 0 bridgehead atoms. The molecule has 2 aromatic rings. The summed E-state index contributed by atoms with van der Waals surface area (Å²) < 4.78 is 6.02. The second kappa shape index (κ2) is 10.9. The third-order valence-electron chi connectivity index (χ3n) is 3.73. The molecule has 4 N–H and O–H groups in total. The third kappa shape index (κ3) is 7.75. The number of rotatable bonds is 6. The summed E-state index contributed by atoms with van der Waals surface area (Å²) in [5, 5.41) is 6.52. The number of primary amides is 1. The smallest absolute Gasteiger partial charge is 0.248 e. The monoisotopic (exact) mass is 496 g/mol. The zero-order chi connectivity index (χ0) is 19.9. The van der Waals surface area contributed by atoms with Crippen LogP contribution in [0.3, 0.4) is 0 Å². The predicted octanol–water partition coefficient (Wildman–Crippen LogP) is 3.45. The number of para-hydroxylation sites is 1. The van der Waals surface area contributed by atoms with Crippen molar-refractivity contribution in [1.82, 2.24) is 10.6 Å². The van der Waals surface area contributed by atoms with Crippen LogP contribution < -0.4 is 21.1 Å². The minimum atomic E-state index is -0.435. The van der Waals surface area contributed by atoms with E-state index in [-0.39, 0.29) is 29.6 Å². The maximum absolute atomic E-state index is 11.3. The molecular weight excluding hydrogens is 467 g/mol. The number of hydrogen-bond acceptors (Lipinski definition) is 3. The van der Waals surface area contributed by atoms with Gasteiger partial charge in [0.15, 0.2) is 5.96 Å². The second-order valence-electron chi connectivity index (χ2n) is 7.17. The van der Waals surface area contributed by atoms with Crippen LogP contribution in [0, 0.1) is 0 Å². The van der Waals surface area contributed by atoms with Gasteiger partial charge in [0.2, 0.25) is 5.91 Å². The van der Waals surface area contributed by atoms with Crippen LogP contribution >= 0.6 is 24.0 Å².